The van der Waals surface area contributed by atoms with Crippen molar-refractivity contribution < 1.29 is 27.4 Å². The number of hydrogen-bond donors (Lipinski definition) is 1. The van der Waals surface area contributed by atoms with Crippen LogP contribution in [-0.2, 0) is 17.4 Å². The van der Waals surface area contributed by atoms with Crippen molar-refractivity contribution in [2.24, 2.45) is 0 Å². The van der Waals surface area contributed by atoms with E-state index in [2.05, 4.69) is 11.4 Å². The van der Waals surface area contributed by atoms with Crippen LogP contribution >= 0.6 is 0 Å². The minimum absolute atomic E-state index is 0.0510. The summed E-state index contributed by atoms with van der Waals surface area (Å²) >= 11 is 0. The van der Waals surface area contributed by atoms with Gasteiger partial charge in [-0.25, -0.2) is 0 Å². The summed E-state index contributed by atoms with van der Waals surface area (Å²) in [5.74, 6) is 1.52. The number of halogens is 3. The van der Waals surface area contributed by atoms with E-state index in [1.807, 2.05) is 42.5 Å². The highest BCUT2D eigenvalue weighted by atomic mass is 19.4. The second-order valence-electron chi connectivity index (χ2n) is 8.84. The Morgan fingerprint density at radius 2 is 1.43 bits per heavy atom. The van der Waals surface area contributed by atoms with E-state index >= 15 is 0 Å². The van der Waals surface area contributed by atoms with Crippen LogP contribution in [0.25, 0.3) is 10.8 Å². The number of benzene rings is 4. The van der Waals surface area contributed by atoms with Gasteiger partial charge < -0.3 is 14.8 Å². The van der Waals surface area contributed by atoms with Gasteiger partial charge in [0.05, 0.1) is 25.8 Å². The maximum absolute atomic E-state index is 13.0. The Kier molecular flexibility index (Phi) is 8.01. The quantitative estimate of drug-likeness (QED) is 0.240. The summed E-state index contributed by atoms with van der Waals surface area (Å²) < 4.78 is 49.4. The van der Waals surface area contributed by atoms with Gasteiger partial charge in [0, 0.05) is 18.5 Å². The van der Waals surface area contributed by atoms with Crippen LogP contribution in [0.2, 0.25) is 0 Å². The molecule has 1 N–H and O–H groups in total. The van der Waals surface area contributed by atoms with Gasteiger partial charge in [-0.3, -0.25) is 4.79 Å². The molecule has 4 aromatic carbocycles. The zero-order valence-corrected chi connectivity index (χ0v) is 20.6. The highest BCUT2D eigenvalue weighted by Gasteiger charge is 2.30. The molecule has 7 heteroatoms. The molecule has 4 nitrogen and oxygen atoms in total. The second-order valence-corrected chi connectivity index (χ2v) is 8.84. The molecule has 192 valence electrons. The highest BCUT2D eigenvalue weighted by molar-refractivity contribution is 5.85. The lowest BCUT2D eigenvalue weighted by atomic mass is 9.96. The maximum atomic E-state index is 13.0. The summed E-state index contributed by atoms with van der Waals surface area (Å²) in [7, 11) is 3.20. The first-order valence-electron chi connectivity index (χ1n) is 11.9. The molecule has 0 saturated carbocycles. The molecule has 4 rings (SSSR count). The van der Waals surface area contributed by atoms with Gasteiger partial charge in [-0.05, 0) is 76.9 Å². The molecule has 1 unspecified atom stereocenters. The Hall–Kier alpha value is -4.00. The molecule has 0 saturated heterocycles. The number of hydrogen-bond acceptors (Lipinski definition) is 4. The average Bonchev–Trinajstić information content (AvgIpc) is 2.91. The Morgan fingerprint density at radius 1 is 0.811 bits per heavy atom. The van der Waals surface area contributed by atoms with Gasteiger partial charge in [0.2, 0.25) is 0 Å². The van der Waals surface area contributed by atoms with Gasteiger partial charge in [-0.15, -0.1) is 0 Å². The molecule has 0 heterocycles. The molecule has 0 bridgehead atoms. The van der Waals surface area contributed by atoms with Crippen LogP contribution in [0.15, 0.2) is 84.9 Å². The molecular formula is C30H28F3NO3. The molecule has 0 aliphatic heterocycles. The van der Waals surface area contributed by atoms with Gasteiger partial charge in [-0.1, -0.05) is 36.4 Å². The minimum Gasteiger partial charge on any atom is -0.497 e. The Morgan fingerprint density at radius 3 is 2.08 bits per heavy atom. The summed E-state index contributed by atoms with van der Waals surface area (Å²) in [6.45, 7) is 0. The lowest BCUT2D eigenvalue weighted by molar-refractivity contribution is -0.137. The third kappa shape index (κ3) is 6.82. The fourth-order valence-electron chi connectivity index (χ4n) is 4.21. The molecule has 4 aromatic rings. The van der Waals surface area contributed by atoms with E-state index in [0.29, 0.717) is 24.3 Å². The zero-order valence-electron chi connectivity index (χ0n) is 20.6. The van der Waals surface area contributed by atoms with Crippen molar-refractivity contribution in [3.05, 3.63) is 102 Å². The van der Waals surface area contributed by atoms with E-state index in [1.165, 1.54) is 12.1 Å². The number of rotatable bonds is 10. The molecular weight excluding hydrogens is 479 g/mol. The Labute approximate surface area is 214 Å². The van der Waals surface area contributed by atoms with Crippen LogP contribution in [-0.4, -0.2) is 20.0 Å². The topological polar surface area (TPSA) is 47.6 Å². The molecule has 0 aromatic heterocycles. The third-order valence-electron chi connectivity index (χ3n) is 6.31. The third-order valence-corrected chi connectivity index (χ3v) is 6.31. The number of alkyl halides is 3. The largest absolute Gasteiger partial charge is 0.497 e. The number of fused-ring (bicyclic) bond motifs is 1. The van der Waals surface area contributed by atoms with Gasteiger partial charge in [0.15, 0.2) is 0 Å². The zero-order chi connectivity index (χ0) is 26.4. The number of methoxy groups -OCH3 is 2. The molecule has 0 aliphatic rings. The van der Waals surface area contributed by atoms with Gasteiger partial charge in [-0.2, -0.15) is 13.2 Å². The number of ketones is 1. The first-order valence-corrected chi connectivity index (χ1v) is 11.9. The van der Waals surface area contributed by atoms with Crippen LogP contribution < -0.4 is 14.8 Å². The van der Waals surface area contributed by atoms with Crippen LogP contribution in [0, 0.1) is 0 Å². The number of carbonyl (C=O) groups is 1. The van der Waals surface area contributed by atoms with Gasteiger partial charge >= 0.3 is 6.18 Å². The summed E-state index contributed by atoms with van der Waals surface area (Å²) in [4.78, 5) is 13.0. The smallest absolute Gasteiger partial charge is 0.416 e. The first kappa shape index (κ1) is 26.1. The minimum atomic E-state index is -4.40. The van der Waals surface area contributed by atoms with Gasteiger partial charge in [0.25, 0.3) is 0 Å². The standard InChI is InChI=1S/C30H28F3NO3/c1-36-27-14-6-21(7-15-27)29(34-25-11-9-24(10-12-25)30(31,32)33)19-26(35)13-4-20-3-5-23-18-28(37-2)16-8-22(23)17-20/h3,5-12,14-18,29,34H,4,13,19H2,1-2H3. The fourth-order valence-corrected chi connectivity index (χ4v) is 4.21. The molecule has 37 heavy (non-hydrogen) atoms. The number of anilines is 1. The first-order chi connectivity index (χ1) is 17.7. The maximum Gasteiger partial charge on any atom is 0.416 e. The summed E-state index contributed by atoms with van der Waals surface area (Å²) in [6.07, 6.45) is -3.27. The molecule has 0 aliphatic carbocycles. The number of ether oxygens (including phenoxy) is 2. The molecule has 0 fully saturated rings. The lowest BCUT2D eigenvalue weighted by Gasteiger charge is -2.21. The number of aryl methyl sites for hydroxylation is 1. The molecule has 1 atom stereocenters. The van der Waals surface area contributed by atoms with Crippen molar-refractivity contribution >= 4 is 22.2 Å². The monoisotopic (exact) mass is 507 g/mol. The van der Waals surface area contributed by atoms with Crippen LogP contribution in [0.5, 0.6) is 11.5 Å². The number of nitrogens with one attached hydrogen (secondary N) is 1. The summed E-state index contributed by atoms with van der Waals surface area (Å²) in [5, 5.41) is 5.37. The normalized spacial score (nSPS) is 12.2. The average molecular weight is 508 g/mol. The lowest BCUT2D eigenvalue weighted by Crippen LogP contribution is -2.16. The van der Waals surface area contributed by atoms with E-state index in [-0.39, 0.29) is 12.2 Å². The van der Waals surface area contributed by atoms with Crippen molar-refractivity contribution in [2.75, 3.05) is 19.5 Å². The predicted octanol–water partition coefficient (Wildman–Crippen LogP) is 7.62. The Balaban J connectivity index is 1.46. The van der Waals surface area contributed by atoms with Crippen molar-refractivity contribution in [1.29, 1.82) is 0 Å². The van der Waals surface area contributed by atoms with Gasteiger partial charge in [0.1, 0.15) is 17.3 Å². The van der Waals surface area contributed by atoms with E-state index in [9.17, 15) is 18.0 Å². The second kappa shape index (κ2) is 11.4. The fraction of sp³-hybridized carbons (Fsp3) is 0.233. The summed E-state index contributed by atoms with van der Waals surface area (Å²) in [6, 6.07) is 23.7. The van der Waals surface area contributed by atoms with Crippen LogP contribution in [0.4, 0.5) is 18.9 Å². The van der Waals surface area contributed by atoms with Crippen molar-refractivity contribution in [3.8, 4) is 11.5 Å². The molecule has 0 spiro atoms. The Bertz CT molecular complexity index is 1350. The van der Waals surface area contributed by atoms with E-state index < -0.39 is 17.8 Å². The van der Waals surface area contributed by atoms with Crippen molar-refractivity contribution in [3.63, 3.8) is 0 Å². The molecule has 0 radical (unpaired) electrons. The predicted molar refractivity (Wildman–Crippen MR) is 139 cm³/mol. The molecule has 0 amide bonds. The van der Waals surface area contributed by atoms with Crippen LogP contribution in [0.1, 0.15) is 35.6 Å². The SMILES string of the molecule is COc1ccc(C(CC(=O)CCc2ccc3cc(OC)ccc3c2)Nc2ccc(C(F)(F)F)cc2)cc1. The number of Topliss-reactive ketones (excluding diaryl/α,β-unsaturated/α-hetero) is 1. The van der Waals surface area contributed by atoms with E-state index in [1.54, 1.807) is 26.4 Å². The number of carbonyl (C=O) groups excluding carboxylic acids is 1. The van der Waals surface area contributed by atoms with Crippen molar-refractivity contribution in [1.82, 2.24) is 0 Å². The highest BCUT2D eigenvalue weighted by Crippen LogP contribution is 2.31. The van der Waals surface area contributed by atoms with Crippen molar-refractivity contribution in [2.45, 2.75) is 31.5 Å². The van der Waals surface area contributed by atoms with Crippen LogP contribution in [0.3, 0.4) is 0 Å². The summed E-state index contributed by atoms with van der Waals surface area (Å²) in [5.41, 5.74) is 1.69. The van der Waals surface area contributed by atoms with E-state index in [4.69, 9.17) is 9.47 Å². The van der Waals surface area contributed by atoms with E-state index in [0.717, 1.165) is 39.8 Å².